The molecule has 0 aromatic carbocycles. The van der Waals surface area contributed by atoms with Crippen molar-refractivity contribution < 1.29 is 36.2 Å². The molecule has 0 spiro atoms. The van der Waals surface area contributed by atoms with Crippen LogP contribution in [0.15, 0.2) is 0 Å². The van der Waals surface area contributed by atoms with E-state index >= 15 is 0 Å². The molecule has 1 aliphatic heterocycles. The van der Waals surface area contributed by atoms with Crippen molar-refractivity contribution in [1.29, 1.82) is 0 Å². The summed E-state index contributed by atoms with van der Waals surface area (Å²) in [6.45, 7) is 2.92. The van der Waals surface area contributed by atoms with Gasteiger partial charge < -0.3 is 9.47 Å². The van der Waals surface area contributed by atoms with Crippen molar-refractivity contribution in [3.63, 3.8) is 0 Å². The Kier molecular flexibility index (Phi) is 7.24. The molecule has 0 bridgehead atoms. The van der Waals surface area contributed by atoms with Gasteiger partial charge in [-0.25, -0.2) is 0 Å². The molecular weight excluding hydrogens is 383 g/mol. The zero-order valence-corrected chi connectivity index (χ0v) is 16.4. The van der Waals surface area contributed by atoms with E-state index < -0.39 is 30.6 Å². The monoisotopic (exact) mass is 414 g/mol. The highest BCUT2D eigenvalue weighted by Crippen LogP contribution is 2.44. The van der Waals surface area contributed by atoms with Crippen molar-refractivity contribution in [1.82, 2.24) is 0 Å². The third kappa shape index (κ3) is 6.26. The molecule has 1 heterocycles. The van der Waals surface area contributed by atoms with Crippen LogP contribution in [0.4, 0.5) is 22.0 Å². The van der Waals surface area contributed by atoms with E-state index in [1.807, 2.05) is 0 Å². The van der Waals surface area contributed by atoms with Gasteiger partial charge in [0, 0.05) is 6.61 Å². The van der Waals surface area contributed by atoms with Gasteiger partial charge in [-0.15, -0.1) is 13.2 Å². The molecule has 3 nitrogen and oxygen atoms in total. The number of hydrogen-bond donors (Lipinski definition) is 0. The lowest BCUT2D eigenvalue weighted by Gasteiger charge is -2.40. The zero-order chi connectivity index (χ0) is 20.4. The average molecular weight is 414 g/mol. The molecule has 0 aromatic rings. The van der Waals surface area contributed by atoms with Gasteiger partial charge in [-0.3, -0.25) is 4.74 Å². The van der Waals surface area contributed by atoms with Crippen LogP contribution in [0.1, 0.15) is 71.1 Å². The third-order valence-electron chi connectivity index (χ3n) is 6.56. The van der Waals surface area contributed by atoms with E-state index in [-0.39, 0.29) is 31.8 Å². The van der Waals surface area contributed by atoms with Gasteiger partial charge in [0.1, 0.15) is 0 Å². The highest BCUT2D eigenvalue weighted by Gasteiger charge is 2.46. The van der Waals surface area contributed by atoms with E-state index in [0.29, 0.717) is 24.7 Å². The Labute approximate surface area is 163 Å². The number of hydrogen-bond acceptors (Lipinski definition) is 3. The Bertz CT molecular complexity index is 475. The smallest absolute Gasteiger partial charge is 0.378 e. The fraction of sp³-hybridized carbons (Fsp3) is 1.00. The molecule has 2 unspecified atom stereocenters. The van der Waals surface area contributed by atoms with E-state index in [9.17, 15) is 22.0 Å². The third-order valence-corrected chi connectivity index (χ3v) is 6.56. The Morgan fingerprint density at radius 1 is 0.714 bits per heavy atom. The first kappa shape index (κ1) is 22.2. The van der Waals surface area contributed by atoms with Crippen LogP contribution in [0.25, 0.3) is 0 Å². The Balaban J connectivity index is 1.41. The number of halogens is 5. The molecule has 0 amide bonds. The minimum atomic E-state index is -4.68. The van der Waals surface area contributed by atoms with E-state index in [0.717, 1.165) is 32.3 Å². The van der Waals surface area contributed by atoms with Gasteiger partial charge in [-0.05, 0) is 76.0 Å². The average Bonchev–Trinajstić information content (AvgIpc) is 2.63. The van der Waals surface area contributed by atoms with Crippen molar-refractivity contribution >= 4 is 0 Å². The van der Waals surface area contributed by atoms with E-state index in [1.165, 1.54) is 0 Å². The van der Waals surface area contributed by atoms with Crippen LogP contribution in [-0.4, -0.2) is 37.4 Å². The van der Waals surface area contributed by atoms with Gasteiger partial charge in [0.15, 0.2) is 0 Å². The molecule has 2 atom stereocenters. The molecule has 3 fully saturated rings. The summed E-state index contributed by atoms with van der Waals surface area (Å²) in [5.74, 6) is 0.0897. The molecule has 0 N–H and O–H groups in total. The Morgan fingerprint density at radius 3 is 1.79 bits per heavy atom. The quantitative estimate of drug-likeness (QED) is 0.512. The summed E-state index contributed by atoms with van der Waals surface area (Å²) in [6.07, 6.45) is -4.49. The number of alkyl halides is 5. The molecule has 0 aromatic heterocycles. The van der Waals surface area contributed by atoms with E-state index in [1.54, 1.807) is 0 Å². The molecular formula is C20H31F5O3. The highest BCUT2D eigenvalue weighted by molar-refractivity contribution is 4.85. The van der Waals surface area contributed by atoms with Gasteiger partial charge in [0.25, 0.3) is 0 Å². The molecule has 2 saturated carbocycles. The molecule has 0 radical (unpaired) electrons. The maximum Gasteiger partial charge on any atom is 0.522 e. The van der Waals surface area contributed by atoms with Crippen LogP contribution in [0.5, 0.6) is 0 Å². The SMILES string of the molecule is CC1CCC(C2CCC(C(F)(F)OC3CCC(OC(F)(F)F)CC3)CC2)OC1. The number of ether oxygens (including phenoxy) is 3. The van der Waals surface area contributed by atoms with Gasteiger partial charge in [-0.1, -0.05) is 6.92 Å². The molecule has 3 rings (SSSR count). The maximum atomic E-state index is 14.6. The van der Waals surface area contributed by atoms with Crippen molar-refractivity contribution in [3.8, 4) is 0 Å². The summed E-state index contributed by atoms with van der Waals surface area (Å²) < 4.78 is 81.0. The largest absolute Gasteiger partial charge is 0.522 e. The minimum absolute atomic E-state index is 0.0877. The first-order valence-electron chi connectivity index (χ1n) is 10.5. The van der Waals surface area contributed by atoms with Crippen LogP contribution >= 0.6 is 0 Å². The van der Waals surface area contributed by atoms with Crippen molar-refractivity contribution in [2.75, 3.05) is 6.61 Å². The second-order valence-corrected chi connectivity index (χ2v) is 8.81. The van der Waals surface area contributed by atoms with Crippen LogP contribution in [0.2, 0.25) is 0 Å². The summed E-state index contributed by atoms with van der Waals surface area (Å²) >= 11 is 0. The zero-order valence-electron chi connectivity index (χ0n) is 16.4. The summed E-state index contributed by atoms with van der Waals surface area (Å²) in [7, 11) is 0. The Hall–Kier alpha value is -0.470. The summed E-state index contributed by atoms with van der Waals surface area (Å²) in [6, 6.07) is 0. The fourth-order valence-electron chi connectivity index (χ4n) is 4.88. The van der Waals surface area contributed by atoms with Gasteiger partial charge >= 0.3 is 12.5 Å². The maximum absolute atomic E-state index is 14.6. The lowest BCUT2D eigenvalue weighted by atomic mass is 9.77. The predicted octanol–water partition coefficient (Wildman–Crippen LogP) is 6.06. The van der Waals surface area contributed by atoms with E-state index in [4.69, 9.17) is 9.47 Å². The number of rotatable bonds is 5. The highest BCUT2D eigenvalue weighted by atomic mass is 19.4. The van der Waals surface area contributed by atoms with Gasteiger partial charge in [0.2, 0.25) is 0 Å². The first-order valence-corrected chi connectivity index (χ1v) is 10.5. The van der Waals surface area contributed by atoms with Crippen molar-refractivity contribution in [2.45, 2.75) is 102 Å². The standard InChI is InChI=1S/C20H31F5O3/c1-13-2-11-18(26-12-13)14-3-5-15(6-4-14)19(21,22)27-16-7-9-17(10-8-16)28-20(23,24)25/h13-18H,2-12H2,1H3. The summed E-state index contributed by atoms with van der Waals surface area (Å²) in [5.41, 5.74) is 0. The van der Waals surface area contributed by atoms with Crippen molar-refractivity contribution in [2.24, 2.45) is 17.8 Å². The van der Waals surface area contributed by atoms with Crippen LogP contribution in [0, 0.1) is 17.8 Å². The lowest BCUT2D eigenvalue weighted by molar-refractivity contribution is -0.350. The molecule has 28 heavy (non-hydrogen) atoms. The molecule has 8 heteroatoms. The van der Waals surface area contributed by atoms with E-state index in [2.05, 4.69) is 11.7 Å². The minimum Gasteiger partial charge on any atom is -0.378 e. The van der Waals surface area contributed by atoms with Crippen LogP contribution < -0.4 is 0 Å². The predicted molar refractivity (Wildman–Crippen MR) is 92.8 cm³/mol. The van der Waals surface area contributed by atoms with Gasteiger partial charge in [-0.2, -0.15) is 8.78 Å². The lowest BCUT2D eigenvalue weighted by Crippen LogP contribution is -2.41. The second-order valence-electron chi connectivity index (χ2n) is 8.81. The first-order chi connectivity index (χ1) is 13.1. The normalized spacial score (nSPS) is 38.4. The summed E-state index contributed by atoms with van der Waals surface area (Å²) in [5, 5.41) is 0. The Morgan fingerprint density at radius 2 is 1.29 bits per heavy atom. The van der Waals surface area contributed by atoms with Crippen LogP contribution in [-0.2, 0) is 14.2 Å². The second kappa shape index (κ2) is 9.13. The fourth-order valence-corrected chi connectivity index (χ4v) is 4.88. The molecule has 2 aliphatic carbocycles. The van der Waals surface area contributed by atoms with Gasteiger partial charge in [0.05, 0.1) is 24.2 Å². The molecule has 164 valence electrons. The summed E-state index contributed by atoms with van der Waals surface area (Å²) in [4.78, 5) is 0. The molecule has 1 saturated heterocycles. The van der Waals surface area contributed by atoms with Crippen molar-refractivity contribution in [3.05, 3.63) is 0 Å². The van der Waals surface area contributed by atoms with Crippen LogP contribution in [0.3, 0.4) is 0 Å². The topological polar surface area (TPSA) is 27.7 Å². The molecule has 3 aliphatic rings.